The van der Waals surface area contributed by atoms with Crippen molar-refractivity contribution in [3.05, 3.63) is 65.2 Å². The van der Waals surface area contributed by atoms with E-state index in [1.54, 1.807) is 18.2 Å². The summed E-state index contributed by atoms with van der Waals surface area (Å²) in [6.07, 6.45) is 2.73. The van der Waals surface area contributed by atoms with E-state index in [-0.39, 0.29) is 22.8 Å². The first-order valence-electron chi connectivity index (χ1n) is 10.3. The molecule has 0 bridgehead atoms. The highest BCUT2D eigenvalue weighted by molar-refractivity contribution is 7.89. The van der Waals surface area contributed by atoms with Gasteiger partial charge in [-0.05, 0) is 54.5 Å². The van der Waals surface area contributed by atoms with Crippen molar-refractivity contribution >= 4 is 15.9 Å². The fourth-order valence-corrected chi connectivity index (χ4v) is 5.26. The summed E-state index contributed by atoms with van der Waals surface area (Å²) in [5.74, 6) is -0.0651. The predicted molar refractivity (Wildman–Crippen MR) is 115 cm³/mol. The number of carbonyl (C=O) groups is 1. The zero-order chi connectivity index (χ0) is 21.0. The maximum absolute atomic E-state index is 12.9. The Morgan fingerprint density at radius 1 is 1.07 bits per heavy atom. The van der Waals surface area contributed by atoms with Gasteiger partial charge < -0.3 is 5.32 Å². The van der Waals surface area contributed by atoms with E-state index in [0.717, 1.165) is 24.8 Å². The van der Waals surface area contributed by atoms with Gasteiger partial charge in [-0.2, -0.15) is 4.31 Å². The van der Waals surface area contributed by atoms with Gasteiger partial charge in [0.05, 0.1) is 10.9 Å². The van der Waals surface area contributed by atoms with Gasteiger partial charge in [0.1, 0.15) is 0 Å². The molecule has 1 aliphatic heterocycles. The number of hydrogen-bond acceptors (Lipinski definition) is 3. The molecule has 1 N–H and O–H groups in total. The van der Waals surface area contributed by atoms with Crippen molar-refractivity contribution in [3.63, 3.8) is 0 Å². The van der Waals surface area contributed by atoms with E-state index >= 15 is 0 Å². The van der Waals surface area contributed by atoms with Crippen LogP contribution in [0.1, 0.15) is 61.1 Å². The minimum atomic E-state index is -3.55. The highest BCUT2D eigenvalue weighted by Gasteiger charge is 2.28. The second-order valence-electron chi connectivity index (χ2n) is 7.93. The lowest BCUT2D eigenvalue weighted by atomic mass is 9.94. The molecular weight excluding hydrogens is 384 g/mol. The maximum atomic E-state index is 12.9. The van der Waals surface area contributed by atoms with Crippen LogP contribution in [0.3, 0.4) is 0 Å². The number of nitrogens with zero attached hydrogens (tertiary/aromatic N) is 1. The third-order valence-corrected chi connectivity index (χ3v) is 7.39. The zero-order valence-corrected chi connectivity index (χ0v) is 18.2. The Bertz CT molecular complexity index is 946. The number of sulfonamides is 1. The molecule has 29 heavy (non-hydrogen) atoms. The van der Waals surface area contributed by atoms with E-state index in [4.69, 9.17) is 0 Å². The minimum Gasteiger partial charge on any atom is -0.345 e. The first-order valence-corrected chi connectivity index (χ1v) is 11.8. The molecule has 6 heteroatoms. The average molecular weight is 415 g/mol. The quantitative estimate of drug-likeness (QED) is 0.740. The fraction of sp³-hybridized carbons (Fsp3) is 0.435. The number of rotatable bonds is 7. The molecule has 156 valence electrons. The average Bonchev–Trinajstić information content (AvgIpc) is 3.27. The van der Waals surface area contributed by atoms with Crippen molar-refractivity contribution in [2.24, 2.45) is 5.92 Å². The van der Waals surface area contributed by atoms with Crippen molar-refractivity contribution in [2.75, 3.05) is 13.1 Å². The largest absolute Gasteiger partial charge is 0.345 e. The van der Waals surface area contributed by atoms with Crippen LogP contribution in [-0.4, -0.2) is 31.7 Å². The van der Waals surface area contributed by atoms with Crippen LogP contribution in [0.5, 0.6) is 0 Å². The van der Waals surface area contributed by atoms with Crippen molar-refractivity contribution in [2.45, 2.75) is 51.0 Å². The normalized spacial score (nSPS) is 16.1. The summed E-state index contributed by atoms with van der Waals surface area (Å²) in [6, 6.07) is 14.5. The molecule has 1 saturated heterocycles. The number of benzene rings is 2. The van der Waals surface area contributed by atoms with Gasteiger partial charge in [0.2, 0.25) is 10.0 Å². The number of carbonyl (C=O) groups excluding carboxylic acids is 1. The molecule has 1 aliphatic rings. The van der Waals surface area contributed by atoms with Crippen LogP contribution in [0.25, 0.3) is 0 Å². The summed E-state index contributed by atoms with van der Waals surface area (Å²) >= 11 is 0. The molecule has 1 amide bonds. The minimum absolute atomic E-state index is 0.146. The number of hydrogen-bond donors (Lipinski definition) is 1. The van der Waals surface area contributed by atoms with Gasteiger partial charge in [0.25, 0.3) is 5.91 Å². The molecule has 1 fully saturated rings. The van der Waals surface area contributed by atoms with E-state index in [2.05, 4.69) is 50.4 Å². The van der Waals surface area contributed by atoms with Gasteiger partial charge in [0, 0.05) is 18.7 Å². The van der Waals surface area contributed by atoms with Crippen molar-refractivity contribution < 1.29 is 13.2 Å². The second-order valence-corrected chi connectivity index (χ2v) is 9.87. The van der Waals surface area contributed by atoms with Crippen molar-refractivity contribution in [1.82, 2.24) is 9.62 Å². The van der Waals surface area contributed by atoms with Gasteiger partial charge in [-0.15, -0.1) is 0 Å². The summed E-state index contributed by atoms with van der Waals surface area (Å²) in [7, 11) is -3.55. The molecular formula is C23H30N2O3S. The molecule has 2 aromatic carbocycles. The zero-order valence-electron chi connectivity index (χ0n) is 17.4. The smallest absolute Gasteiger partial charge is 0.251 e. The van der Waals surface area contributed by atoms with E-state index in [1.807, 2.05) is 0 Å². The van der Waals surface area contributed by atoms with Gasteiger partial charge >= 0.3 is 0 Å². The molecule has 0 saturated carbocycles. The molecule has 1 unspecified atom stereocenters. The van der Waals surface area contributed by atoms with Crippen molar-refractivity contribution in [3.8, 4) is 0 Å². The Hall–Kier alpha value is -2.18. The van der Waals surface area contributed by atoms with Crippen LogP contribution in [0.2, 0.25) is 0 Å². The predicted octanol–water partition coefficient (Wildman–Crippen LogP) is 4.16. The second kappa shape index (κ2) is 9.09. The maximum Gasteiger partial charge on any atom is 0.251 e. The lowest BCUT2D eigenvalue weighted by molar-refractivity contribution is 0.0925. The molecule has 1 atom stereocenters. The Morgan fingerprint density at radius 3 is 2.31 bits per heavy atom. The van der Waals surface area contributed by atoms with E-state index < -0.39 is 10.0 Å². The SMILES string of the molecule is CCc1ccc(C(NC(=O)c2cccc(S(=O)(=O)N3CCCC3)c2)C(C)C)cc1. The van der Waals surface area contributed by atoms with E-state index in [0.29, 0.717) is 18.7 Å². The fourth-order valence-electron chi connectivity index (χ4n) is 3.70. The highest BCUT2D eigenvalue weighted by Crippen LogP contribution is 2.24. The Labute approximate surface area is 174 Å². The molecule has 0 aliphatic carbocycles. The van der Waals surface area contributed by atoms with Gasteiger partial charge in [-0.3, -0.25) is 4.79 Å². The third-order valence-electron chi connectivity index (χ3n) is 5.50. The van der Waals surface area contributed by atoms with Crippen LogP contribution in [0, 0.1) is 5.92 Å². The highest BCUT2D eigenvalue weighted by atomic mass is 32.2. The van der Waals surface area contributed by atoms with Crippen LogP contribution in [0.15, 0.2) is 53.4 Å². The first kappa shape index (κ1) is 21.5. The van der Waals surface area contributed by atoms with E-state index in [9.17, 15) is 13.2 Å². The van der Waals surface area contributed by atoms with Gasteiger partial charge in [0.15, 0.2) is 0 Å². The molecule has 1 heterocycles. The topological polar surface area (TPSA) is 66.5 Å². The first-order chi connectivity index (χ1) is 13.8. The van der Waals surface area contributed by atoms with Crippen LogP contribution in [0.4, 0.5) is 0 Å². The number of nitrogens with one attached hydrogen (secondary N) is 1. The summed E-state index contributed by atoms with van der Waals surface area (Å²) in [5.41, 5.74) is 2.66. The van der Waals surface area contributed by atoms with Gasteiger partial charge in [-0.1, -0.05) is 51.1 Å². The molecule has 0 aromatic heterocycles. The lowest BCUT2D eigenvalue weighted by Crippen LogP contribution is -2.32. The summed E-state index contributed by atoms with van der Waals surface area (Å²) in [4.78, 5) is 13.1. The van der Waals surface area contributed by atoms with E-state index in [1.165, 1.54) is 15.9 Å². The standard InChI is InChI=1S/C23H30N2O3S/c1-4-18-10-12-19(13-11-18)22(17(2)3)24-23(26)20-8-7-9-21(16-20)29(27,28)25-14-5-6-15-25/h7-13,16-17,22H,4-6,14-15H2,1-3H3,(H,24,26). The summed E-state index contributed by atoms with van der Waals surface area (Å²) in [5, 5.41) is 3.09. The van der Waals surface area contributed by atoms with Crippen molar-refractivity contribution in [1.29, 1.82) is 0 Å². The summed E-state index contributed by atoms with van der Waals surface area (Å²) in [6.45, 7) is 7.32. The lowest BCUT2D eigenvalue weighted by Gasteiger charge is -2.23. The molecule has 3 rings (SSSR count). The van der Waals surface area contributed by atoms with Gasteiger partial charge in [-0.25, -0.2) is 8.42 Å². The Balaban J connectivity index is 1.81. The third kappa shape index (κ3) is 4.87. The number of amides is 1. The Morgan fingerprint density at radius 2 is 1.72 bits per heavy atom. The number of aryl methyl sites for hydroxylation is 1. The molecule has 0 spiro atoms. The molecule has 5 nitrogen and oxygen atoms in total. The molecule has 2 aromatic rings. The summed E-state index contributed by atoms with van der Waals surface area (Å²) < 4.78 is 27.1. The monoisotopic (exact) mass is 414 g/mol. The van der Waals surface area contributed by atoms with Crippen LogP contribution < -0.4 is 5.32 Å². The molecule has 0 radical (unpaired) electrons. The Kier molecular flexibility index (Phi) is 6.75. The van der Waals surface area contributed by atoms with Crippen LogP contribution in [-0.2, 0) is 16.4 Å². The van der Waals surface area contributed by atoms with Crippen LogP contribution >= 0.6 is 0 Å².